The van der Waals surface area contributed by atoms with Crippen molar-refractivity contribution >= 4 is 57.7 Å². The monoisotopic (exact) mass is 471 g/mol. The Morgan fingerprint density at radius 3 is 2.47 bits per heavy atom. The number of aliphatic imine (C=N–C) groups is 1. The van der Waals surface area contributed by atoms with Crippen molar-refractivity contribution < 1.29 is 19.1 Å². The number of hydrogen-bond donors (Lipinski definition) is 1. The van der Waals surface area contributed by atoms with Crippen LogP contribution in [0.1, 0.15) is 36.5 Å². The number of thioether (sulfide) groups is 1. The number of hydrogen-bond acceptors (Lipinski definition) is 6. The van der Waals surface area contributed by atoms with Crippen LogP contribution >= 0.6 is 23.4 Å². The number of carbonyl (C=O) groups is 3. The quantitative estimate of drug-likeness (QED) is 0.620. The Bertz CT molecular complexity index is 1050. The van der Waals surface area contributed by atoms with Crippen LogP contribution in [0.2, 0.25) is 5.02 Å². The highest BCUT2D eigenvalue weighted by Crippen LogP contribution is 2.37. The van der Waals surface area contributed by atoms with Gasteiger partial charge in [-0.3, -0.25) is 14.5 Å². The lowest BCUT2D eigenvalue weighted by atomic mass is 10.2. The van der Waals surface area contributed by atoms with Gasteiger partial charge < -0.3 is 10.1 Å². The molecule has 1 heterocycles. The third-order valence-electron chi connectivity index (χ3n) is 5.00. The van der Waals surface area contributed by atoms with Crippen LogP contribution in [0.4, 0.5) is 11.4 Å². The summed E-state index contributed by atoms with van der Waals surface area (Å²) in [6, 6.07) is 13.6. The summed E-state index contributed by atoms with van der Waals surface area (Å²) in [7, 11) is 0. The number of amidine groups is 1. The fourth-order valence-corrected chi connectivity index (χ4v) is 4.56. The highest BCUT2D eigenvalue weighted by Gasteiger charge is 2.43. The van der Waals surface area contributed by atoms with Crippen LogP contribution in [0.5, 0.6) is 0 Å². The lowest BCUT2D eigenvalue weighted by Crippen LogP contribution is -2.46. The lowest BCUT2D eigenvalue weighted by Gasteiger charge is -2.31. The highest BCUT2D eigenvalue weighted by atomic mass is 35.5. The predicted molar refractivity (Wildman–Crippen MR) is 125 cm³/mol. The van der Waals surface area contributed by atoms with Gasteiger partial charge in [0.2, 0.25) is 11.8 Å². The number of nitrogens with zero attached hydrogens (tertiary/aromatic N) is 2. The van der Waals surface area contributed by atoms with E-state index in [9.17, 15) is 14.4 Å². The Balaban J connectivity index is 1.53. The van der Waals surface area contributed by atoms with Gasteiger partial charge in [0.25, 0.3) is 0 Å². The average molecular weight is 472 g/mol. The van der Waals surface area contributed by atoms with Crippen LogP contribution < -0.4 is 5.32 Å². The summed E-state index contributed by atoms with van der Waals surface area (Å²) >= 11 is 7.18. The van der Waals surface area contributed by atoms with E-state index in [1.165, 1.54) is 11.8 Å². The third-order valence-corrected chi connectivity index (χ3v) is 6.42. The molecule has 32 heavy (non-hydrogen) atoms. The maximum absolute atomic E-state index is 12.9. The molecule has 0 spiro atoms. The number of anilines is 1. The topological polar surface area (TPSA) is 88.1 Å². The molecule has 2 amide bonds. The smallest absolute Gasteiger partial charge is 0.338 e. The van der Waals surface area contributed by atoms with E-state index in [0.717, 1.165) is 12.8 Å². The molecule has 2 aromatic rings. The highest BCUT2D eigenvalue weighted by molar-refractivity contribution is 8.15. The second-order valence-electron chi connectivity index (χ2n) is 7.46. The van der Waals surface area contributed by atoms with Crippen LogP contribution in [0.15, 0.2) is 53.5 Å². The molecule has 2 fully saturated rings. The predicted octanol–water partition coefficient (Wildman–Crippen LogP) is 4.64. The van der Waals surface area contributed by atoms with Crippen molar-refractivity contribution in [3.8, 4) is 0 Å². The molecule has 9 heteroatoms. The van der Waals surface area contributed by atoms with Crippen LogP contribution in [-0.4, -0.2) is 45.7 Å². The molecule has 0 unspecified atom stereocenters. The number of ether oxygens (including phenoxy) is 1. The molecular weight excluding hydrogens is 450 g/mol. The Morgan fingerprint density at radius 2 is 1.84 bits per heavy atom. The van der Waals surface area contributed by atoms with Crippen LogP contribution in [-0.2, 0) is 14.3 Å². The number of benzene rings is 2. The van der Waals surface area contributed by atoms with Crippen LogP contribution in [0.3, 0.4) is 0 Å². The van der Waals surface area contributed by atoms with Crippen molar-refractivity contribution in [1.29, 1.82) is 0 Å². The number of amides is 2. The first-order valence-electron chi connectivity index (χ1n) is 10.4. The lowest BCUT2D eigenvalue weighted by molar-refractivity contribution is -0.129. The van der Waals surface area contributed by atoms with Gasteiger partial charge in [-0.1, -0.05) is 23.4 Å². The Morgan fingerprint density at radius 1 is 1.16 bits per heavy atom. The first-order chi connectivity index (χ1) is 15.4. The fraction of sp³-hybridized carbons (Fsp3) is 0.304. The third kappa shape index (κ3) is 5.31. The molecule has 1 saturated carbocycles. The van der Waals surface area contributed by atoms with Gasteiger partial charge in [-0.25, -0.2) is 9.79 Å². The molecule has 2 aromatic carbocycles. The zero-order valence-electron chi connectivity index (χ0n) is 17.4. The minimum absolute atomic E-state index is 0.107. The Hall–Kier alpha value is -2.84. The van der Waals surface area contributed by atoms with E-state index in [4.69, 9.17) is 16.3 Å². The summed E-state index contributed by atoms with van der Waals surface area (Å²) in [5.74, 6) is -0.761. The average Bonchev–Trinajstić information content (AvgIpc) is 3.61. The SMILES string of the molecule is CCOC(=O)c1ccc(N=C2S[C@@H](C(=O)Nc3ccc(Cl)cc3)CC(=O)N2C2CC2)cc1. The summed E-state index contributed by atoms with van der Waals surface area (Å²) in [4.78, 5) is 43.9. The standard InChI is InChI=1S/C23H22ClN3O4S/c1-2-31-22(30)14-3-7-17(8-4-14)26-23-27(18-11-12-18)20(28)13-19(32-23)21(29)25-16-9-5-15(24)6-10-16/h3-10,18-19H,2,11-13H2,1H3,(H,25,29)/t19-/m1/s1. The maximum atomic E-state index is 12.9. The van der Waals surface area contributed by atoms with Gasteiger partial charge in [0.1, 0.15) is 5.25 Å². The van der Waals surface area contributed by atoms with Gasteiger partial charge >= 0.3 is 5.97 Å². The number of rotatable bonds is 6. The molecule has 0 bridgehead atoms. The van der Waals surface area contributed by atoms with Gasteiger partial charge in [-0.05, 0) is 68.3 Å². The van der Waals surface area contributed by atoms with Gasteiger partial charge in [0.15, 0.2) is 5.17 Å². The molecule has 1 N–H and O–H groups in total. The van der Waals surface area contributed by atoms with Gasteiger partial charge in [0.05, 0.1) is 17.9 Å². The minimum atomic E-state index is -0.592. The summed E-state index contributed by atoms with van der Waals surface area (Å²) in [5, 5.41) is 3.33. The first-order valence-corrected chi connectivity index (χ1v) is 11.6. The Kier molecular flexibility index (Phi) is 6.81. The van der Waals surface area contributed by atoms with Gasteiger partial charge in [-0.2, -0.15) is 0 Å². The molecule has 2 aliphatic rings. The van der Waals surface area contributed by atoms with Crippen molar-refractivity contribution in [3.63, 3.8) is 0 Å². The van der Waals surface area contributed by atoms with E-state index in [1.54, 1.807) is 60.4 Å². The van der Waals surface area contributed by atoms with Crippen molar-refractivity contribution in [3.05, 3.63) is 59.1 Å². The van der Waals surface area contributed by atoms with Crippen molar-refractivity contribution in [1.82, 2.24) is 4.90 Å². The zero-order valence-corrected chi connectivity index (χ0v) is 19.0. The molecule has 4 rings (SSSR count). The van der Waals surface area contributed by atoms with Crippen LogP contribution in [0, 0.1) is 0 Å². The van der Waals surface area contributed by atoms with Crippen LogP contribution in [0.25, 0.3) is 0 Å². The van der Waals surface area contributed by atoms with E-state index < -0.39 is 11.2 Å². The molecule has 166 valence electrons. The second-order valence-corrected chi connectivity index (χ2v) is 9.07. The Labute approximate surface area is 195 Å². The summed E-state index contributed by atoms with van der Waals surface area (Å²) in [6.07, 6.45) is 1.96. The zero-order chi connectivity index (χ0) is 22.7. The number of halogens is 1. The first kappa shape index (κ1) is 22.4. The van der Waals surface area contributed by atoms with E-state index in [-0.39, 0.29) is 24.3 Å². The molecule has 1 atom stereocenters. The van der Waals surface area contributed by atoms with Gasteiger partial charge in [-0.15, -0.1) is 0 Å². The minimum Gasteiger partial charge on any atom is -0.462 e. The summed E-state index contributed by atoms with van der Waals surface area (Å²) in [5.41, 5.74) is 1.64. The molecular formula is C23H22ClN3O4S. The number of carbonyl (C=O) groups excluding carboxylic acids is 3. The normalized spacial score (nSPS) is 19.7. The van der Waals surface area contributed by atoms with Crippen molar-refractivity contribution in [2.24, 2.45) is 4.99 Å². The van der Waals surface area contributed by atoms with Crippen molar-refractivity contribution in [2.45, 2.75) is 37.5 Å². The second kappa shape index (κ2) is 9.75. The molecule has 1 saturated heterocycles. The number of nitrogens with one attached hydrogen (secondary N) is 1. The van der Waals surface area contributed by atoms with E-state index in [1.807, 2.05) is 0 Å². The van der Waals surface area contributed by atoms with Crippen molar-refractivity contribution in [2.75, 3.05) is 11.9 Å². The molecule has 1 aliphatic carbocycles. The van der Waals surface area contributed by atoms with Gasteiger partial charge in [0, 0.05) is 23.2 Å². The fourth-order valence-electron chi connectivity index (χ4n) is 3.26. The van der Waals surface area contributed by atoms with E-state index in [2.05, 4.69) is 10.3 Å². The molecule has 7 nitrogen and oxygen atoms in total. The van der Waals surface area contributed by atoms with E-state index in [0.29, 0.717) is 33.7 Å². The molecule has 1 aliphatic heterocycles. The summed E-state index contributed by atoms with van der Waals surface area (Å²) < 4.78 is 5.00. The number of esters is 1. The van der Waals surface area contributed by atoms with E-state index >= 15 is 0 Å². The maximum Gasteiger partial charge on any atom is 0.338 e. The molecule has 0 radical (unpaired) electrons. The largest absolute Gasteiger partial charge is 0.462 e. The summed E-state index contributed by atoms with van der Waals surface area (Å²) in [6.45, 7) is 2.05. The molecule has 0 aromatic heterocycles.